The number of nitrogens with one attached hydrogen (secondary N) is 1. The van der Waals surface area contributed by atoms with E-state index in [-0.39, 0.29) is 11.9 Å². The molecule has 186 valence electrons. The lowest BCUT2D eigenvalue weighted by Gasteiger charge is -2.32. The van der Waals surface area contributed by atoms with Crippen LogP contribution in [0.1, 0.15) is 48.3 Å². The molecular weight excluding hydrogens is 458 g/mol. The van der Waals surface area contributed by atoms with Crippen LogP contribution in [0.2, 0.25) is 0 Å². The summed E-state index contributed by atoms with van der Waals surface area (Å²) in [5.74, 6) is 0.384. The highest BCUT2D eigenvalue weighted by Gasteiger charge is 2.31. The zero-order chi connectivity index (χ0) is 24.6. The Morgan fingerprint density at radius 2 is 1.94 bits per heavy atom. The van der Waals surface area contributed by atoms with E-state index in [1.807, 2.05) is 26.1 Å². The predicted molar refractivity (Wildman–Crippen MR) is 127 cm³/mol. The number of amides is 1. The minimum Gasteiger partial charge on any atom is -0.465 e. The van der Waals surface area contributed by atoms with Gasteiger partial charge in [-0.1, -0.05) is 0 Å². The van der Waals surface area contributed by atoms with Gasteiger partial charge in [-0.15, -0.1) is 0 Å². The van der Waals surface area contributed by atoms with Gasteiger partial charge in [0.25, 0.3) is 0 Å². The van der Waals surface area contributed by atoms with Gasteiger partial charge in [-0.2, -0.15) is 0 Å². The number of nitrogens with zero attached hydrogens (tertiary/aromatic N) is 4. The van der Waals surface area contributed by atoms with Gasteiger partial charge in [-0.3, -0.25) is 4.98 Å². The van der Waals surface area contributed by atoms with E-state index in [4.69, 9.17) is 9.84 Å². The molecule has 0 radical (unpaired) electrons. The molecule has 10 nitrogen and oxygen atoms in total. The molecule has 1 aliphatic rings. The number of aryl methyl sites for hydroxylation is 3. The summed E-state index contributed by atoms with van der Waals surface area (Å²) in [5, 5.41) is 11.5. The van der Waals surface area contributed by atoms with Crippen molar-refractivity contribution in [3.8, 4) is 0 Å². The second-order valence-electron chi connectivity index (χ2n) is 8.64. The fraction of sp³-hybridized carbons (Fsp3) is 0.565. The second-order valence-corrected chi connectivity index (χ2v) is 10.7. The number of piperidine rings is 1. The maximum atomic E-state index is 13.0. The molecule has 1 saturated heterocycles. The fourth-order valence-corrected chi connectivity index (χ4v) is 5.76. The average Bonchev–Trinajstić information content (AvgIpc) is 2.80. The summed E-state index contributed by atoms with van der Waals surface area (Å²) in [6.07, 6.45) is 6.59. The molecular formula is C23H33N5O5S. The molecule has 0 aliphatic carbocycles. The fourth-order valence-electron chi connectivity index (χ4n) is 4.02. The largest absolute Gasteiger partial charge is 0.465 e. The van der Waals surface area contributed by atoms with Gasteiger partial charge >= 0.3 is 6.09 Å². The van der Waals surface area contributed by atoms with Crippen LogP contribution in [0.5, 0.6) is 0 Å². The van der Waals surface area contributed by atoms with Crippen molar-refractivity contribution in [3.63, 3.8) is 0 Å². The maximum absolute atomic E-state index is 13.0. The quantitative estimate of drug-likeness (QED) is 0.489. The summed E-state index contributed by atoms with van der Waals surface area (Å²) < 4.78 is 33.5. The first-order valence-electron chi connectivity index (χ1n) is 11.5. The lowest BCUT2D eigenvalue weighted by Crippen LogP contribution is -2.47. The molecule has 0 bridgehead atoms. The molecule has 2 aromatic rings. The summed E-state index contributed by atoms with van der Waals surface area (Å²) in [4.78, 5) is 23.8. The van der Waals surface area contributed by atoms with Crippen LogP contribution in [0.25, 0.3) is 0 Å². The Labute approximate surface area is 200 Å². The Balaban J connectivity index is 1.48. The molecule has 3 heterocycles. The van der Waals surface area contributed by atoms with Gasteiger partial charge in [0.05, 0.1) is 18.5 Å². The van der Waals surface area contributed by atoms with Crippen molar-refractivity contribution in [1.29, 1.82) is 0 Å². The zero-order valence-corrected chi connectivity index (χ0v) is 20.5. The number of rotatable bonds is 11. The van der Waals surface area contributed by atoms with Gasteiger partial charge in [0.2, 0.25) is 10.0 Å². The SMILES string of the molecule is Cc1cc(COC2CCN(S(=O)(=O)CC(CCCc3ncccn3)NC(=O)O)CC2)c(C)cn1. The van der Waals surface area contributed by atoms with Gasteiger partial charge in [0.1, 0.15) is 5.82 Å². The second kappa shape index (κ2) is 12.2. The number of carboxylic acid groups (broad SMARTS) is 1. The summed E-state index contributed by atoms with van der Waals surface area (Å²) in [6.45, 7) is 5.13. The number of hydrogen-bond acceptors (Lipinski definition) is 7. The molecule has 1 atom stereocenters. The van der Waals surface area contributed by atoms with E-state index >= 15 is 0 Å². The van der Waals surface area contributed by atoms with Crippen LogP contribution >= 0.6 is 0 Å². The molecule has 0 spiro atoms. The first-order chi connectivity index (χ1) is 16.2. The Hall–Kier alpha value is -2.63. The monoisotopic (exact) mass is 491 g/mol. The van der Waals surface area contributed by atoms with Crippen molar-refractivity contribution >= 4 is 16.1 Å². The van der Waals surface area contributed by atoms with Crippen LogP contribution in [0.4, 0.5) is 4.79 Å². The van der Waals surface area contributed by atoms with Crippen molar-refractivity contribution < 1.29 is 23.1 Å². The molecule has 3 rings (SSSR count). The normalized spacial score (nSPS) is 16.3. The van der Waals surface area contributed by atoms with E-state index in [0.29, 0.717) is 57.6 Å². The van der Waals surface area contributed by atoms with Gasteiger partial charge in [0, 0.05) is 49.8 Å². The molecule has 1 fully saturated rings. The minimum atomic E-state index is -3.61. The molecule has 0 saturated carbocycles. The Bertz CT molecular complexity index is 1040. The number of carbonyl (C=O) groups is 1. The highest BCUT2D eigenvalue weighted by molar-refractivity contribution is 7.89. The van der Waals surface area contributed by atoms with Crippen molar-refractivity contribution in [2.45, 2.75) is 64.7 Å². The molecule has 1 aliphatic heterocycles. The Morgan fingerprint density at radius 1 is 1.24 bits per heavy atom. The van der Waals surface area contributed by atoms with Crippen molar-refractivity contribution in [2.24, 2.45) is 0 Å². The standard InChI is InChI=1S/C23H33N5O5S/c1-17-14-26-18(2)13-19(17)15-33-21-7-11-28(12-8-21)34(31,32)16-20(27-23(29)30)5-3-6-22-24-9-4-10-25-22/h4,9-10,13-14,20-21,27H,3,5-8,11-12,15-16H2,1-2H3,(H,29,30). The van der Waals surface area contributed by atoms with Crippen LogP contribution in [0, 0.1) is 13.8 Å². The number of aromatic nitrogens is 3. The summed E-state index contributed by atoms with van der Waals surface area (Å²) in [6, 6.07) is 3.03. The van der Waals surface area contributed by atoms with Crippen molar-refractivity contribution in [2.75, 3.05) is 18.8 Å². The van der Waals surface area contributed by atoms with E-state index in [2.05, 4.69) is 20.3 Å². The van der Waals surface area contributed by atoms with E-state index in [0.717, 1.165) is 16.8 Å². The van der Waals surface area contributed by atoms with Crippen LogP contribution < -0.4 is 5.32 Å². The number of ether oxygens (including phenoxy) is 1. The number of hydrogen-bond donors (Lipinski definition) is 2. The molecule has 0 aromatic carbocycles. The highest BCUT2D eigenvalue weighted by atomic mass is 32.2. The maximum Gasteiger partial charge on any atom is 0.404 e. The van der Waals surface area contributed by atoms with Gasteiger partial charge in [0.15, 0.2) is 0 Å². The number of sulfonamides is 1. The summed E-state index contributed by atoms with van der Waals surface area (Å²) in [7, 11) is -3.61. The topological polar surface area (TPSA) is 135 Å². The molecule has 2 N–H and O–H groups in total. The lowest BCUT2D eigenvalue weighted by molar-refractivity contribution is 0.00992. The molecule has 34 heavy (non-hydrogen) atoms. The molecule has 11 heteroatoms. The molecule has 1 unspecified atom stereocenters. The zero-order valence-electron chi connectivity index (χ0n) is 19.7. The van der Waals surface area contributed by atoms with E-state index in [1.54, 1.807) is 18.5 Å². The lowest BCUT2D eigenvalue weighted by atomic mass is 10.1. The average molecular weight is 492 g/mol. The molecule has 2 aromatic heterocycles. The Kier molecular flexibility index (Phi) is 9.31. The predicted octanol–water partition coefficient (Wildman–Crippen LogP) is 2.46. The van der Waals surface area contributed by atoms with E-state index in [9.17, 15) is 13.2 Å². The van der Waals surface area contributed by atoms with E-state index in [1.165, 1.54) is 4.31 Å². The van der Waals surface area contributed by atoms with Crippen molar-refractivity contribution in [1.82, 2.24) is 24.6 Å². The molecule has 1 amide bonds. The summed E-state index contributed by atoms with van der Waals surface area (Å²) >= 11 is 0. The van der Waals surface area contributed by atoms with Crippen molar-refractivity contribution in [3.05, 3.63) is 53.4 Å². The van der Waals surface area contributed by atoms with Crippen LogP contribution in [0.15, 0.2) is 30.7 Å². The van der Waals surface area contributed by atoms with Gasteiger partial charge in [-0.05, 0) is 62.8 Å². The third-order valence-electron chi connectivity index (χ3n) is 5.93. The van der Waals surface area contributed by atoms with Gasteiger partial charge < -0.3 is 15.2 Å². The van der Waals surface area contributed by atoms with E-state index < -0.39 is 22.2 Å². The number of pyridine rings is 1. The smallest absolute Gasteiger partial charge is 0.404 e. The summed E-state index contributed by atoms with van der Waals surface area (Å²) in [5.41, 5.74) is 3.10. The Morgan fingerprint density at radius 3 is 2.62 bits per heavy atom. The first kappa shape index (κ1) is 26.0. The first-order valence-corrected chi connectivity index (χ1v) is 13.1. The highest BCUT2D eigenvalue weighted by Crippen LogP contribution is 2.20. The third kappa shape index (κ3) is 8.00. The third-order valence-corrected chi connectivity index (χ3v) is 7.91. The van der Waals surface area contributed by atoms with Crippen LogP contribution in [0.3, 0.4) is 0 Å². The minimum absolute atomic E-state index is 0.0156. The van der Waals surface area contributed by atoms with Crippen LogP contribution in [-0.4, -0.2) is 69.9 Å². The van der Waals surface area contributed by atoms with Crippen LogP contribution in [-0.2, 0) is 27.8 Å². The van der Waals surface area contributed by atoms with Gasteiger partial charge in [-0.25, -0.2) is 27.5 Å².